The zero-order chi connectivity index (χ0) is 19.4. The second-order valence-corrected chi connectivity index (χ2v) is 7.02. The first-order valence-corrected chi connectivity index (χ1v) is 9.08. The summed E-state index contributed by atoms with van der Waals surface area (Å²) in [5.41, 5.74) is 2.69. The maximum atomic E-state index is 12.2. The highest BCUT2D eigenvalue weighted by Crippen LogP contribution is 2.28. The van der Waals surface area contributed by atoms with E-state index >= 15 is 0 Å². The predicted molar refractivity (Wildman–Crippen MR) is 106 cm³/mol. The number of ether oxygens (including phenoxy) is 1. The Hall–Kier alpha value is -3.06. The number of benzene rings is 2. The highest BCUT2D eigenvalue weighted by Gasteiger charge is 2.23. The third-order valence-electron chi connectivity index (χ3n) is 3.72. The Morgan fingerprint density at radius 1 is 1.26 bits per heavy atom. The van der Waals surface area contributed by atoms with E-state index in [9.17, 15) is 9.59 Å². The van der Waals surface area contributed by atoms with Gasteiger partial charge in [0.05, 0.1) is 10.6 Å². The van der Waals surface area contributed by atoms with Crippen LogP contribution in [0.3, 0.4) is 0 Å². The molecule has 7 heteroatoms. The highest BCUT2D eigenvalue weighted by molar-refractivity contribution is 8.18. The van der Waals surface area contributed by atoms with E-state index in [4.69, 9.17) is 9.84 Å². The van der Waals surface area contributed by atoms with Crippen LogP contribution in [0.15, 0.2) is 58.4 Å². The van der Waals surface area contributed by atoms with Crippen molar-refractivity contribution in [3.05, 3.63) is 64.6 Å². The second-order valence-electron chi connectivity index (χ2n) is 5.99. The van der Waals surface area contributed by atoms with Crippen LogP contribution in [0.4, 0.5) is 5.69 Å². The summed E-state index contributed by atoms with van der Waals surface area (Å²) in [5, 5.41) is 12.2. The van der Waals surface area contributed by atoms with Gasteiger partial charge in [0.1, 0.15) is 5.75 Å². The van der Waals surface area contributed by atoms with E-state index in [2.05, 4.69) is 10.3 Å². The number of carboxylic acids is 1. The van der Waals surface area contributed by atoms with E-state index in [-0.39, 0.29) is 5.91 Å². The van der Waals surface area contributed by atoms with Crippen molar-refractivity contribution in [1.29, 1.82) is 0 Å². The van der Waals surface area contributed by atoms with Crippen LogP contribution in [0, 0.1) is 6.92 Å². The number of thioether (sulfide) groups is 1. The first kappa shape index (κ1) is 18.7. The van der Waals surface area contributed by atoms with E-state index in [0.717, 1.165) is 16.8 Å². The molecule has 0 saturated carbocycles. The number of carbonyl (C=O) groups excluding carboxylic acids is 1. The third-order valence-corrected chi connectivity index (χ3v) is 4.63. The Morgan fingerprint density at radius 2 is 2.00 bits per heavy atom. The molecule has 0 spiro atoms. The number of rotatable bonds is 5. The molecule has 0 aromatic heterocycles. The molecule has 138 valence electrons. The van der Waals surface area contributed by atoms with Gasteiger partial charge in [-0.1, -0.05) is 24.3 Å². The monoisotopic (exact) mass is 382 g/mol. The van der Waals surface area contributed by atoms with Gasteiger partial charge in [-0.05, 0) is 67.1 Å². The molecule has 1 heterocycles. The molecule has 1 aliphatic heterocycles. The maximum absolute atomic E-state index is 12.2. The normalized spacial score (nSPS) is 17.8. The van der Waals surface area contributed by atoms with Gasteiger partial charge in [0, 0.05) is 0 Å². The molecule has 6 nitrogen and oxygen atoms in total. The lowest BCUT2D eigenvalue weighted by Gasteiger charge is -2.10. The van der Waals surface area contributed by atoms with Crippen LogP contribution in [0.1, 0.15) is 18.1 Å². The molecule has 1 fully saturated rings. The van der Waals surface area contributed by atoms with Gasteiger partial charge >= 0.3 is 5.97 Å². The fourth-order valence-electron chi connectivity index (χ4n) is 2.34. The fraction of sp³-hybridized carbons (Fsp3) is 0.150. The van der Waals surface area contributed by atoms with Crippen LogP contribution in [0.2, 0.25) is 0 Å². The Bertz CT molecular complexity index is 935. The lowest BCUT2D eigenvalue weighted by atomic mass is 10.2. The maximum Gasteiger partial charge on any atom is 0.344 e. The topological polar surface area (TPSA) is 88.0 Å². The largest absolute Gasteiger partial charge is 0.479 e. The first-order chi connectivity index (χ1) is 12.9. The zero-order valence-corrected chi connectivity index (χ0v) is 15.6. The van der Waals surface area contributed by atoms with Crippen molar-refractivity contribution in [2.75, 3.05) is 0 Å². The Morgan fingerprint density at radius 3 is 2.67 bits per heavy atom. The van der Waals surface area contributed by atoms with Gasteiger partial charge in [-0.15, -0.1) is 0 Å². The van der Waals surface area contributed by atoms with Gasteiger partial charge in [0.2, 0.25) is 0 Å². The van der Waals surface area contributed by atoms with Crippen LogP contribution >= 0.6 is 11.8 Å². The Labute approximate surface area is 161 Å². The molecule has 1 unspecified atom stereocenters. The minimum absolute atomic E-state index is 0.203. The van der Waals surface area contributed by atoms with Crippen molar-refractivity contribution < 1.29 is 19.4 Å². The van der Waals surface area contributed by atoms with Crippen molar-refractivity contribution in [1.82, 2.24) is 5.32 Å². The van der Waals surface area contributed by atoms with Crippen LogP contribution < -0.4 is 10.1 Å². The summed E-state index contributed by atoms with van der Waals surface area (Å²) in [5.74, 6) is -0.774. The SMILES string of the molecule is Cc1cccc(N=C2NC(=O)/C(=C/c3ccc(OC(C)C(=O)O)cc3)S2)c1. The van der Waals surface area contributed by atoms with Crippen LogP contribution in [0.5, 0.6) is 5.75 Å². The summed E-state index contributed by atoms with van der Waals surface area (Å²) in [6.07, 6.45) is 0.828. The smallest absolute Gasteiger partial charge is 0.344 e. The standard InChI is InChI=1S/C20H18N2O4S/c1-12-4-3-5-15(10-12)21-20-22-18(23)17(27-20)11-14-6-8-16(9-7-14)26-13(2)19(24)25/h3-11,13H,1-2H3,(H,24,25)(H,21,22,23)/b17-11-. The molecule has 2 aromatic rings. The zero-order valence-electron chi connectivity index (χ0n) is 14.8. The average Bonchev–Trinajstić information content (AvgIpc) is 2.95. The van der Waals surface area contributed by atoms with Gasteiger partial charge in [-0.2, -0.15) is 0 Å². The molecule has 2 N–H and O–H groups in total. The number of aliphatic carboxylic acids is 1. The minimum Gasteiger partial charge on any atom is -0.479 e. The fourth-order valence-corrected chi connectivity index (χ4v) is 3.19. The number of nitrogens with one attached hydrogen (secondary N) is 1. The molecular formula is C20H18N2O4S. The molecular weight excluding hydrogens is 364 g/mol. The molecule has 0 bridgehead atoms. The number of hydrogen-bond donors (Lipinski definition) is 2. The lowest BCUT2D eigenvalue weighted by molar-refractivity contribution is -0.144. The van der Waals surface area contributed by atoms with Crippen molar-refractivity contribution >= 4 is 40.6 Å². The van der Waals surface area contributed by atoms with Gasteiger partial charge in [-0.25, -0.2) is 9.79 Å². The molecule has 3 rings (SSSR count). The van der Waals surface area contributed by atoms with Gasteiger partial charge in [-0.3, -0.25) is 4.79 Å². The van der Waals surface area contributed by atoms with Crippen LogP contribution in [-0.4, -0.2) is 28.3 Å². The van der Waals surface area contributed by atoms with Crippen molar-refractivity contribution in [2.45, 2.75) is 20.0 Å². The molecule has 0 aliphatic carbocycles. The van der Waals surface area contributed by atoms with E-state index in [1.807, 2.05) is 31.2 Å². The quantitative estimate of drug-likeness (QED) is 0.769. The molecule has 2 aromatic carbocycles. The number of aryl methyl sites for hydroxylation is 1. The summed E-state index contributed by atoms with van der Waals surface area (Å²) in [4.78, 5) is 28.0. The van der Waals surface area contributed by atoms with Gasteiger partial charge in [0.15, 0.2) is 11.3 Å². The van der Waals surface area contributed by atoms with E-state index in [0.29, 0.717) is 15.8 Å². The Balaban J connectivity index is 1.72. The molecule has 1 saturated heterocycles. The van der Waals surface area contributed by atoms with Crippen molar-refractivity contribution in [3.8, 4) is 5.75 Å². The molecule has 1 amide bonds. The summed E-state index contributed by atoms with van der Waals surface area (Å²) in [6, 6.07) is 14.6. The van der Waals surface area contributed by atoms with E-state index in [1.165, 1.54) is 18.7 Å². The Kier molecular flexibility index (Phi) is 5.61. The summed E-state index contributed by atoms with van der Waals surface area (Å²) < 4.78 is 5.29. The first-order valence-electron chi connectivity index (χ1n) is 8.26. The van der Waals surface area contributed by atoms with Crippen molar-refractivity contribution in [2.24, 2.45) is 4.99 Å². The third kappa shape index (κ3) is 4.98. The van der Waals surface area contributed by atoms with E-state index in [1.54, 1.807) is 30.3 Å². The summed E-state index contributed by atoms with van der Waals surface area (Å²) in [6.45, 7) is 3.45. The predicted octanol–water partition coefficient (Wildman–Crippen LogP) is 3.74. The highest BCUT2D eigenvalue weighted by atomic mass is 32.2. The molecule has 0 radical (unpaired) electrons. The lowest BCUT2D eigenvalue weighted by Crippen LogP contribution is -2.22. The number of amides is 1. The molecule has 27 heavy (non-hydrogen) atoms. The van der Waals surface area contributed by atoms with E-state index < -0.39 is 12.1 Å². The second kappa shape index (κ2) is 8.09. The van der Waals surface area contributed by atoms with Gasteiger partial charge in [0.25, 0.3) is 5.91 Å². The average molecular weight is 382 g/mol. The summed E-state index contributed by atoms with van der Waals surface area (Å²) >= 11 is 1.27. The molecule has 1 atom stereocenters. The number of aliphatic imine (C=N–C) groups is 1. The van der Waals surface area contributed by atoms with Gasteiger partial charge < -0.3 is 15.2 Å². The number of hydrogen-bond acceptors (Lipinski definition) is 5. The van der Waals surface area contributed by atoms with Crippen molar-refractivity contribution in [3.63, 3.8) is 0 Å². The number of amidine groups is 1. The van der Waals surface area contributed by atoms with Crippen LogP contribution in [-0.2, 0) is 9.59 Å². The molecule has 1 aliphatic rings. The number of nitrogens with zero attached hydrogens (tertiary/aromatic N) is 1. The minimum atomic E-state index is -1.03. The number of carbonyl (C=O) groups is 2. The number of carboxylic acid groups (broad SMARTS) is 1. The summed E-state index contributed by atoms with van der Waals surface area (Å²) in [7, 11) is 0. The van der Waals surface area contributed by atoms with Crippen LogP contribution in [0.25, 0.3) is 6.08 Å².